The van der Waals surface area contributed by atoms with Crippen LogP contribution in [-0.4, -0.2) is 5.11 Å². The molecule has 0 fully saturated rings. The Balaban J connectivity index is 2.93. The molecule has 0 spiro atoms. The van der Waals surface area contributed by atoms with Crippen LogP contribution in [0.2, 0.25) is 0 Å². The van der Waals surface area contributed by atoms with Crippen molar-refractivity contribution in [3.05, 3.63) is 19.2 Å². The van der Waals surface area contributed by atoms with Crippen LogP contribution in [0.1, 0.15) is 25.0 Å². The summed E-state index contributed by atoms with van der Waals surface area (Å²) < 4.78 is 2.06. The first kappa shape index (κ1) is 9.71. The van der Waals surface area contributed by atoms with E-state index in [2.05, 4.69) is 31.9 Å². The zero-order valence-corrected chi connectivity index (χ0v) is 9.96. The number of aliphatic hydroxyl groups is 1. The average Bonchev–Trinajstić information content (AvgIpc) is 2.28. The van der Waals surface area contributed by atoms with Gasteiger partial charge in [0.2, 0.25) is 0 Å². The van der Waals surface area contributed by atoms with Gasteiger partial charge in [0.25, 0.3) is 0 Å². The van der Waals surface area contributed by atoms with E-state index in [-0.39, 0.29) is 6.10 Å². The van der Waals surface area contributed by atoms with Crippen LogP contribution in [0, 0.1) is 0 Å². The molecule has 0 aliphatic heterocycles. The molecule has 11 heavy (non-hydrogen) atoms. The van der Waals surface area contributed by atoms with Crippen molar-refractivity contribution in [1.29, 1.82) is 0 Å². The Hall–Kier alpha value is 0.620. The van der Waals surface area contributed by atoms with Crippen molar-refractivity contribution >= 4 is 43.2 Å². The van der Waals surface area contributed by atoms with Crippen molar-refractivity contribution < 1.29 is 5.11 Å². The van der Waals surface area contributed by atoms with Crippen LogP contribution in [0.25, 0.3) is 0 Å². The van der Waals surface area contributed by atoms with E-state index < -0.39 is 0 Å². The maximum absolute atomic E-state index is 9.48. The molecule has 0 aliphatic rings. The van der Waals surface area contributed by atoms with Crippen LogP contribution in [0.15, 0.2) is 13.6 Å². The average molecular weight is 300 g/mol. The van der Waals surface area contributed by atoms with Crippen LogP contribution < -0.4 is 0 Å². The molecule has 0 aromatic carbocycles. The smallest absolute Gasteiger partial charge is 0.0807 e. The summed E-state index contributed by atoms with van der Waals surface area (Å²) in [5.74, 6) is 0. The number of hydrogen-bond acceptors (Lipinski definition) is 2. The van der Waals surface area contributed by atoms with Crippen molar-refractivity contribution in [3.63, 3.8) is 0 Å². The Bertz CT molecular complexity index is 247. The Kier molecular flexibility index (Phi) is 3.55. The van der Waals surface area contributed by atoms with Gasteiger partial charge in [0, 0.05) is 5.56 Å². The van der Waals surface area contributed by atoms with Crippen molar-refractivity contribution in [2.24, 2.45) is 0 Å². The van der Waals surface area contributed by atoms with Crippen LogP contribution in [-0.2, 0) is 0 Å². The Morgan fingerprint density at radius 2 is 2.27 bits per heavy atom. The Labute approximate surface area is 86.7 Å². The van der Waals surface area contributed by atoms with Gasteiger partial charge in [-0.25, -0.2) is 0 Å². The summed E-state index contributed by atoms with van der Waals surface area (Å²) in [6.45, 7) is 1.96. The van der Waals surface area contributed by atoms with E-state index in [1.807, 2.05) is 13.0 Å². The highest BCUT2D eigenvalue weighted by Crippen LogP contribution is 2.36. The molecule has 1 aromatic rings. The topological polar surface area (TPSA) is 20.2 Å². The van der Waals surface area contributed by atoms with E-state index in [0.29, 0.717) is 0 Å². The molecular weight excluding hydrogens is 292 g/mol. The van der Waals surface area contributed by atoms with E-state index in [0.717, 1.165) is 19.6 Å². The van der Waals surface area contributed by atoms with Crippen LogP contribution >= 0.6 is 43.2 Å². The Morgan fingerprint density at radius 1 is 1.64 bits per heavy atom. The van der Waals surface area contributed by atoms with Crippen LogP contribution in [0.5, 0.6) is 0 Å². The first-order valence-electron chi connectivity index (χ1n) is 3.28. The largest absolute Gasteiger partial charge is 0.388 e. The zero-order chi connectivity index (χ0) is 8.43. The van der Waals surface area contributed by atoms with E-state index >= 15 is 0 Å². The third-order valence-corrected chi connectivity index (χ3v) is 3.81. The standard InChI is InChI=1S/C7H8Br2OS/c1-2-5(10)4-3-6(8)11-7(4)9/h3,5,10H,2H2,1H3. The summed E-state index contributed by atoms with van der Waals surface area (Å²) >= 11 is 8.33. The molecule has 1 aromatic heterocycles. The van der Waals surface area contributed by atoms with Gasteiger partial charge in [-0.2, -0.15) is 0 Å². The summed E-state index contributed by atoms with van der Waals surface area (Å²) in [6.07, 6.45) is 0.411. The molecule has 1 rings (SSSR count). The van der Waals surface area contributed by atoms with Gasteiger partial charge in [0.05, 0.1) is 13.7 Å². The zero-order valence-electron chi connectivity index (χ0n) is 5.97. The quantitative estimate of drug-likeness (QED) is 0.882. The summed E-state index contributed by atoms with van der Waals surface area (Å²) in [5, 5.41) is 9.48. The van der Waals surface area contributed by atoms with Gasteiger partial charge < -0.3 is 5.11 Å². The number of thiophene rings is 1. The number of halogens is 2. The van der Waals surface area contributed by atoms with Crippen LogP contribution in [0.3, 0.4) is 0 Å². The lowest BCUT2D eigenvalue weighted by Crippen LogP contribution is -1.92. The molecular formula is C7H8Br2OS. The summed E-state index contributed by atoms with van der Waals surface area (Å²) in [4.78, 5) is 0. The predicted molar refractivity (Wildman–Crippen MR) is 55.0 cm³/mol. The fraction of sp³-hybridized carbons (Fsp3) is 0.429. The van der Waals surface area contributed by atoms with E-state index in [9.17, 15) is 5.11 Å². The van der Waals surface area contributed by atoms with E-state index in [1.54, 1.807) is 11.3 Å². The maximum Gasteiger partial charge on any atom is 0.0807 e. The van der Waals surface area contributed by atoms with Crippen molar-refractivity contribution in [2.45, 2.75) is 19.4 Å². The molecule has 1 unspecified atom stereocenters. The molecule has 0 aliphatic carbocycles. The highest BCUT2D eigenvalue weighted by atomic mass is 79.9. The molecule has 0 bridgehead atoms. The Morgan fingerprint density at radius 3 is 2.64 bits per heavy atom. The fourth-order valence-electron chi connectivity index (χ4n) is 0.800. The van der Waals surface area contributed by atoms with Gasteiger partial charge >= 0.3 is 0 Å². The molecule has 0 radical (unpaired) electrons. The summed E-state index contributed by atoms with van der Waals surface area (Å²) in [5.41, 5.74) is 0.976. The van der Waals surface area contributed by atoms with Gasteiger partial charge in [-0.3, -0.25) is 0 Å². The second kappa shape index (κ2) is 4.03. The molecule has 0 amide bonds. The van der Waals surface area contributed by atoms with Crippen molar-refractivity contribution in [3.8, 4) is 0 Å². The monoisotopic (exact) mass is 298 g/mol. The second-order valence-corrected chi connectivity index (χ2v) is 5.95. The third kappa shape index (κ3) is 2.28. The van der Waals surface area contributed by atoms with Gasteiger partial charge in [0.15, 0.2) is 0 Å². The SMILES string of the molecule is CCC(O)c1cc(Br)sc1Br. The van der Waals surface area contributed by atoms with Gasteiger partial charge in [0.1, 0.15) is 0 Å². The summed E-state index contributed by atoms with van der Waals surface area (Å²) in [7, 11) is 0. The third-order valence-electron chi connectivity index (χ3n) is 1.43. The lowest BCUT2D eigenvalue weighted by Gasteiger charge is -2.04. The fourth-order valence-corrected chi connectivity index (χ4v) is 3.76. The van der Waals surface area contributed by atoms with Gasteiger partial charge in [-0.1, -0.05) is 6.92 Å². The second-order valence-electron chi connectivity index (χ2n) is 2.20. The molecule has 1 atom stereocenters. The van der Waals surface area contributed by atoms with Crippen molar-refractivity contribution in [1.82, 2.24) is 0 Å². The predicted octanol–water partition coefficient (Wildman–Crippen LogP) is 3.72. The summed E-state index contributed by atoms with van der Waals surface area (Å²) in [6, 6.07) is 1.95. The number of hydrogen-bond donors (Lipinski definition) is 1. The lowest BCUT2D eigenvalue weighted by molar-refractivity contribution is 0.173. The minimum Gasteiger partial charge on any atom is -0.388 e. The normalized spacial score (nSPS) is 13.5. The van der Waals surface area contributed by atoms with Gasteiger partial charge in [-0.15, -0.1) is 11.3 Å². The molecule has 1 nitrogen and oxygen atoms in total. The first-order chi connectivity index (χ1) is 5.15. The number of aliphatic hydroxyl groups excluding tert-OH is 1. The molecule has 1 N–H and O–H groups in total. The minimum atomic E-state index is -0.341. The van der Waals surface area contributed by atoms with Crippen LogP contribution in [0.4, 0.5) is 0 Å². The van der Waals surface area contributed by atoms with E-state index in [4.69, 9.17) is 0 Å². The van der Waals surface area contributed by atoms with Gasteiger partial charge in [-0.05, 0) is 44.3 Å². The lowest BCUT2D eigenvalue weighted by atomic mass is 10.1. The molecule has 0 saturated heterocycles. The van der Waals surface area contributed by atoms with Crippen molar-refractivity contribution in [2.75, 3.05) is 0 Å². The minimum absolute atomic E-state index is 0.341. The number of rotatable bonds is 2. The highest BCUT2D eigenvalue weighted by Gasteiger charge is 2.11. The molecule has 62 valence electrons. The molecule has 0 saturated carbocycles. The molecule has 4 heteroatoms. The molecule has 1 heterocycles. The first-order valence-corrected chi connectivity index (χ1v) is 5.68. The highest BCUT2D eigenvalue weighted by molar-refractivity contribution is 9.12. The maximum atomic E-state index is 9.48. The van der Waals surface area contributed by atoms with E-state index in [1.165, 1.54) is 0 Å².